The van der Waals surface area contributed by atoms with E-state index in [1.54, 1.807) is 0 Å². The van der Waals surface area contributed by atoms with Gasteiger partial charge in [-0.1, -0.05) is 0 Å². The number of carboxylic acids is 1. The molecule has 2 amide bonds. The fourth-order valence-electron chi connectivity index (χ4n) is 2.28. The molecule has 0 aromatic heterocycles. The molecule has 0 aliphatic heterocycles. The number of nitrogens with one attached hydrogen (secondary N) is 2. The summed E-state index contributed by atoms with van der Waals surface area (Å²) in [6.45, 7) is -0.302. The molecule has 0 aliphatic carbocycles. The maximum absolute atomic E-state index is 14.0. The van der Waals surface area contributed by atoms with Crippen molar-refractivity contribution in [3.63, 3.8) is 0 Å². The van der Waals surface area contributed by atoms with Gasteiger partial charge in [-0.2, -0.15) is 25.3 Å². The lowest BCUT2D eigenvalue weighted by molar-refractivity contribution is -0.139. The average Bonchev–Trinajstić information content (AvgIpc) is 2.62. The normalized spacial score (nSPS) is 13.0. The lowest BCUT2D eigenvalue weighted by Gasteiger charge is -2.23. The third kappa shape index (κ3) is 6.31. The number of rotatable bonds is 9. The van der Waals surface area contributed by atoms with E-state index < -0.39 is 65.0 Å². The van der Waals surface area contributed by atoms with Gasteiger partial charge in [-0.3, -0.25) is 14.4 Å². The molecule has 0 spiro atoms. The van der Waals surface area contributed by atoms with E-state index in [2.05, 4.69) is 35.9 Å². The first-order chi connectivity index (χ1) is 12.6. The fraction of sp³-hybridized carbons (Fsp3) is 0.400. The van der Waals surface area contributed by atoms with Crippen molar-refractivity contribution in [3.8, 4) is 0 Å². The third-order valence-electron chi connectivity index (χ3n) is 3.51. The number of hydrogen-bond donors (Lipinski definition) is 5. The van der Waals surface area contributed by atoms with Crippen molar-refractivity contribution in [2.24, 2.45) is 0 Å². The van der Waals surface area contributed by atoms with Gasteiger partial charge in [0.15, 0.2) is 23.3 Å². The van der Waals surface area contributed by atoms with Crippen LogP contribution in [0, 0.1) is 23.3 Å². The summed E-state index contributed by atoms with van der Waals surface area (Å²) in [4.78, 5) is 34.4. The maximum atomic E-state index is 14.0. The second-order valence-electron chi connectivity index (χ2n) is 5.39. The Morgan fingerprint density at radius 1 is 1.00 bits per heavy atom. The Hall–Kier alpha value is -1.95. The van der Waals surface area contributed by atoms with Gasteiger partial charge in [-0.05, 0) is 6.42 Å². The van der Waals surface area contributed by atoms with Crippen molar-refractivity contribution < 1.29 is 37.1 Å². The zero-order chi connectivity index (χ0) is 20.7. The Balaban J connectivity index is 3.22. The summed E-state index contributed by atoms with van der Waals surface area (Å²) in [5.74, 6) is -12.7. The molecule has 1 rings (SSSR count). The molecule has 0 radical (unpaired) electrons. The van der Waals surface area contributed by atoms with Gasteiger partial charge in [0.25, 0.3) is 0 Å². The minimum atomic E-state index is -2.03. The first-order valence-corrected chi connectivity index (χ1v) is 8.72. The van der Waals surface area contributed by atoms with E-state index in [-0.39, 0.29) is 24.1 Å². The lowest BCUT2D eigenvalue weighted by Crippen LogP contribution is -2.46. The average molecular weight is 428 g/mol. The minimum absolute atomic E-state index is 0.0415. The molecule has 0 heterocycles. The van der Waals surface area contributed by atoms with Crippen molar-refractivity contribution in [3.05, 3.63) is 34.9 Å². The van der Waals surface area contributed by atoms with E-state index >= 15 is 0 Å². The molecule has 0 saturated heterocycles. The zero-order valence-electron chi connectivity index (χ0n) is 13.6. The number of carbonyl (C=O) groups excluding carboxylic acids is 2. The Bertz CT molecular complexity index is 710. The highest BCUT2D eigenvalue weighted by Gasteiger charge is 2.33. The SMILES string of the molecule is O=C(CS)NCC(CC(C(=O)O)c1c(F)c(F)cc(F)c1F)NC(=O)CS. The molecule has 150 valence electrons. The van der Waals surface area contributed by atoms with Crippen LogP contribution in [0.3, 0.4) is 0 Å². The summed E-state index contributed by atoms with van der Waals surface area (Å²) in [5.41, 5.74) is -1.31. The predicted molar refractivity (Wildman–Crippen MR) is 93.9 cm³/mol. The molecule has 12 heteroatoms. The highest BCUT2D eigenvalue weighted by molar-refractivity contribution is 7.81. The first kappa shape index (κ1) is 23.1. The Kier molecular flexibility index (Phi) is 8.89. The van der Waals surface area contributed by atoms with Crippen LogP contribution in [0.4, 0.5) is 17.6 Å². The van der Waals surface area contributed by atoms with Gasteiger partial charge in [0.2, 0.25) is 11.8 Å². The van der Waals surface area contributed by atoms with Crippen LogP contribution in [0.25, 0.3) is 0 Å². The van der Waals surface area contributed by atoms with Crippen LogP contribution in [0.5, 0.6) is 0 Å². The van der Waals surface area contributed by atoms with Gasteiger partial charge in [-0.15, -0.1) is 0 Å². The van der Waals surface area contributed by atoms with E-state index in [0.29, 0.717) is 0 Å². The van der Waals surface area contributed by atoms with E-state index in [4.69, 9.17) is 0 Å². The van der Waals surface area contributed by atoms with E-state index in [0.717, 1.165) is 0 Å². The Morgan fingerprint density at radius 3 is 1.96 bits per heavy atom. The summed E-state index contributed by atoms with van der Waals surface area (Å²) in [7, 11) is 0. The molecular weight excluding hydrogens is 412 g/mol. The van der Waals surface area contributed by atoms with Crippen molar-refractivity contribution in [1.29, 1.82) is 0 Å². The number of halogens is 4. The molecule has 27 heavy (non-hydrogen) atoms. The topological polar surface area (TPSA) is 95.5 Å². The summed E-state index contributed by atoms with van der Waals surface area (Å²) in [5, 5.41) is 14.0. The fourth-order valence-corrected chi connectivity index (χ4v) is 2.49. The molecule has 1 aromatic carbocycles. The van der Waals surface area contributed by atoms with Crippen LogP contribution in [-0.4, -0.2) is 47.0 Å². The highest BCUT2D eigenvalue weighted by atomic mass is 32.1. The maximum Gasteiger partial charge on any atom is 0.311 e. The van der Waals surface area contributed by atoms with Crippen LogP contribution < -0.4 is 10.6 Å². The summed E-state index contributed by atoms with van der Waals surface area (Å²) in [6.07, 6.45) is -0.654. The van der Waals surface area contributed by atoms with Crippen LogP contribution in [0.2, 0.25) is 0 Å². The number of thiol groups is 2. The second-order valence-corrected chi connectivity index (χ2v) is 6.03. The van der Waals surface area contributed by atoms with Crippen molar-refractivity contribution in [2.75, 3.05) is 18.1 Å². The smallest absolute Gasteiger partial charge is 0.311 e. The van der Waals surface area contributed by atoms with E-state index in [1.807, 2.05) is 0 Å². The number of carboxylic acid groups (broad SMARTS) is 1. The molecule has 0 aliphatic rings. The number of carbonyl (C=O) groups is 3. The Labute approximate surface area is 162 Å². The quantitative estimate of drug-likeness (QED) is 0.233. The third-order valence-corrected chi connectivity index (χ3v) is 4.08. The molecule has 0 fully saturated rings. The molecule has 2 atom stereocenters. The summed E-state index contributed by atoms with van der Waals surface area (Å²) < 4.78 is 54.8. The summed E-state index contributed by atoms with van der Waals surface area (Å²) >= 11 is 7.46. The van der Waals surface area contributed by atoms with Gasteiger partial charge >= 0.3 is 5.97 Å². The number of amides is 2. The van der Waals surface area contributed by atoms with E-state index in [1.165, 1.54) is 0 Å². The molecule has 3 N–H and O–H groups in total. The first-order valence-electron chi connectivity index (χ1n) is 7.45. The second kappa shape index (κ2) is 10.4. The molecule has 0 bridgehead atoms. The minimum Gasteiger partial charge on any atom is -0.481 e. The van der Waals surface area contributed by atoms with Gasteiger partial charge < -0.3 is 15.7 Å². The van der Waals surface area contributed by atoms with Crippen LogP contribution >= 0.6 is 25.3 Å². The largest absolute Gasteiger partial charge is 0.481 e. The van der Waals surface area contributed by atoms with Gasteiger partial charge in [-0.25, -0.2) is 17.6 Å². The molecular formula is C15H16F4N2O4S2. The van der Waals surface area contributed by atoms with Crippen molar-refractivity contribution >= 4 is 43.0 Å². The van der Waals surface area contributed by atoms with Crippen molar-refractivity contribution in [2.45, 2.75) is 18.4 Å². The van der Waals surface area contributed by atoms with Crippen LogP contribution in [-0.2, 0) is 14.4 Å². The highest BCUT2D eigenvalue weighted by Crippen LogP contribution is 2.30. The Morgan fingerprint density at radius 2 is 1.52 bits per heavy atom. The molecule has 2 unspecified atom stereocenters. The van der Waals surface area contributed by atoms with E-state index in [9.17, 15) is 37.1 Å². The van der Waals surface area contributed by atoms with Crippen molar-refractivity contribution in [1.82, 2.24) is 10.6 Å². The number of aliphatic carboxylic acids is 1. The van der Waals surface area contributed by atoms with Gasteiger partial charge in [0, 0.05) is 24.2 Å². The molecule has 1 aromatic rings. The number of benzene rings is 1. The predicted octanol–water partition coefficient (Wildman–Crippen LogP) is 1.26. The summed E-state index contributed by atoms with van der Waals surface area (Å²) in [6, 6.07) is -1.15. The molecule has 0 saturated carbocycles. The monoisotopic (exact) mass is 428 g/mol. The lowest BCUT2D eigenvalue weighted by atomic mass is 9.90. The zero-order valence-corrected chi connectivity index (χ0v) is 15.4. The standard InChI is InChI=1S/C15H16F4N2O4S2/c16-8-2-9(17)14(19)12(13(8)18)7(15(24)25)1-6(21-11(23)5-27)3-20-10(22)4-26/h2,6-7,26-27H,1,3-5H2,(H,20,22)(H,21,23)(H,24,25). The van der Waals surface area contributed by atoms with Crippen LogP contribution in [0.1, 0.15) is 17.9 Å². The molecule has 6 nitrogen and oxygen atoms in total. The van der Waals surface area contributed by atoms with Gasteiger partial charge in [0.05, 0.1) is 17.4 Å². The number of hydrogen-bond acceptors (Lipinski definition) is 5. The van der Waals surface area contributed by atoms with Crippen LogP contribution in [0.15, 0.2) is 6.07 Å². The van der Waals surface area contributed by atoms with Gasteiger partial charge in [0.1, 0.15) is 0 Å².